The summed E-state index contributed by atoms with van der Waals surface area (Å²) in [4.78, 5) is 17.7. The van der Waals surface area contributed by atoms with Gasteiger partial charge in [-0.05, 0) is 85.4 Å². The molecular formula is C28H22ClN3O2S. The largest absolute Gasteiger partial charge is 0.436 e. The Morgan fingerprint density at radius 3 is 2.54 bits per heavy atom. The van der Waals surface area contributed by atoms with Crippen molar-refractivity contribution in [2.45, 2.75) is 20.8 Å². The summed E-state index contributed by atoms with van der Waals surface area (Å²) in [5, 5.41) is 8.28. The van der Waals surface area contributed by atoms with Crippen LogP contribution < -0.4 is 10.6 Å². The average molecular weight is 500 g/mol. The van der Waals surface area contributed by atoms with Gasteiger partial charge in [0.05, 0.1) is 0 Å². The third kappa shape index (κ3) is 4.38. The van der Waals surface area contributed by atoms with Crippen molar-refractivity contribution in [1.29, 1.82) is 0 Å². The van der Waals surface area contributed by atoms with Crippen LogP contribution in [0.3, 0.4) is 0 Å². The van der Waals surface area contributed by atoms with E-state index in [1.807, 2.05) is 63.2 Å². The molecule has 5 nitrogen and oxygen atoms in total. The number of rotatable bonds is 3. The molecule has 1 heterocycles. The number of hydrogen-bond acceptors (Lipinski definition) is 4. The van der Waals surface area contributed by atoms with Crippen LogP contribution in [0.4, 0.5) is 5.69 Å². The van der Waals surface area contributed by atoms with Gasteiger partial charge in [0.15, 0.2) is 10.7 Å². The summed E-state index contributed by atoms with van der Waals surface area (Å²) in [5.74, 6) is 0.228. The third-order valence-electron chi connectivity index (χ3n) is 5.97. The summed E-state index contributed by atoms with van der Waals surface area (Å²) in [5.41, 5.74) is 6.79. The normalized spacial score (nSPS) is 11.1. The fourth-order valence-electron chi connectivity index (χ4n) is 4.29. The smallest absolute Gasteiger partial charge is 0.258 e. The predicted octanol–water partition coefficient (Wildman–Crippen LogP) is 7.35. The lowest BCUT2D eigenvalue weighted by molar-refractivity contribution is 0.0979. The van der Waals surface area contributed by atoms with Gasteiger partial charge >= 0.3 is 0 Å². The molecule has 0 spiro atoms. The highest BCUT2D eigenvalue weighted by atomic mass is 35.5. The molecular weight excluding hydrogens is 478 g/mol. The number of oxazole rings is 1. The van der Waals surface area contributed by atoms with E-state index in [0.717, 1.165) is 49.8 Å². The standard InChI is InChI=1S/C28H22ClN3O2S/c1-15-13-16(2)25-24(14-15)30-27(34-25)18-7-6-12-23(17(18)3)31-28(35)32-26(33)21-10-4-9-20-19(21)8-5-11-22(20)29/h4-14H,1-3H3,(H2,31,32,33,35). The van der Waals surface area contributed by atoms with Gasteiger partial charge in [-0.3, -0.25) is 10.1 Å². The van der Waals surface area contributed by atoms with Crippen molar-refractivity contribution in [2.75, 3.05) is 5.32 Å². The van der Waals surface area contributed by atoms with Crippen LogP contribution in [0.5, 0.6) is 0 Å². The number of halogens is 1. The third-order valence-corrected chi connectivity index (χ3v) is 6.51. The van der Waals surface area contributed by atoms with Gasteiger partial charge in [-0.2, -0.15) is 0 Å². The highest BCUT2D eigenvalue weighted by Crippen LogP contribution is 2.32. The maximum absolute atomic E-state index is 13.0. The van der Waals surface area contributed by atoms with Crippen LogP contribution in [0.15, 0.2) is 71.1 Å². The fraction of sp³-hybridized carbons (Fsp3) is 0.107. The number of aryl methyl sites for hydroxylation is 2. The minimum atomic E-state index is -0.311. The molecule has 7 heteroatoms. The van der Waals surface area contributed by atoms with Gasteiger partial charge in [0.1, 0.15) is 5.52 Å². The van der Waals surface area contributed by atoms with Gasteiger partial charge in [0.2, 0.25) is 5.89 Å². The zero-order valence-corrected chi connectivity index (χ0v) is 21.0. The van der Waals surface area contributed by atoms with Gasteiger partial charge in [-0.15, -0.1) is 0 Å². The number of thiocarbonyl (C=S) groups is 1. The first-order valence-electron chi connectivity index (χ1n) is 11.1. The first-order chi connectivity index (χ1) is 16.8. The monoisotopic (exact) mass is 499 g/mol. The number of fused-ring (bicyclic) bond motifs is 2. The molecule has 2 N–H and O–H groups in total. The van der Waals surface area contributed by atoms with Gasteiger partial charge in [-0.1, -0.05) is 48.0 Å². The van der Waals surface area contributed by atoms with E-state index in [9.17, 15) is 4.79 Å². The van der Waals surface area contributed by atoms with Crippen LogP contribution in [-0.2, 0) is 0 Å². The topological polar surface area (TPSA) is 67.2 Å². The molecule has 0 aliphatic heterocycles. The Bertz CT molecular complexity index is 1640. The number of anilines is 1. The maximum Gasteiger partial charge on any atom is 0.258 e. The Labute approximate surface area is 213 Å². The predicted molar refractivity (Wildman–Crippen MR) is 146 cm³/mol. The quantitative estimate of drug-likeness (QED) is 0.254. The lowest BCUT2D eigenvalue weighted by Gasteiger charge is -2.14. The SMILES string of the molecule is Cc1cc(C)c2oc(-c3cccc(NC(=S)NC(=O)c4cccc5c(Cl)cccc45)c3C)nc2c1. The van der Waals surface area contributed by atoms with Crippen LogP contribution in [0, 0.1) is 20.8 Å². The number of aromatic nitrogens is 1. The van der Waals surface area contributed by atoms with Crippen LogP contribution >= 0.6 is 23.8 Å². The van der Waals surface area contributed by atoms with E-state index in [1.165, 1.54) is 0 Å². The summed E-state index contributed by atoms with van der Waals surface area (Å²) in [6.07, 6.45) is 0. The van der Waals surface area contributed by atoms with Crippen molar-refractivity contribution in [1.82, 2.24) is 10.3 Å². The van der Waals surface area contributed by atoms with E-state index in [1.54, 1.807) is 18.2 Å². The maximum atomic E-state index is 13.0. The Kier molecular flexibility index (Phi) is 6.01. The van der Waals surface area contributed by atoms with E-state index in [-0.39, 0.29) is 11.0 Å². The van der Waals surface area contributed by atoms with E-state index in [0.29, 0.717) is 16.5 Å². The molecule has 0 unspecified atom stereocenters. The molecule has 0 atom stereocenters. The zero-order valence-electron chi connectivity index (χ0n) is 19.4. The van der Waals surface area contributed by atoms with Crippen molar-refractivity contribution in [3.05, 3.63) is 94.0 Å². The Morgan fingerprint density at radius 2 is 1.71 bits per heavy atom. The molecule has 5 rings (SSSR count). The molecule has 0 saturated carbocycles. The van der Waals surface area contributed by atoms with Crippen molar-refractivity contribution in [3.63, 3.8) is 0 Å². The summed E-state index contributed by atoms with van der Waals surface area (Å²) in [6.45, 7) is 6.01. The minimum Gasteiger partial charge on any atom is -0.436 e. The lowest BCUT2D eigenvalue weighted by atomic mass is 10.0. The highest BCUT2D eigenvalue weighted by Gasteiger charge is 2.16. The van der Waals surface area contributed by atoms with Gasteiger partial charge in [-0.25, -0.2) is 4.98 Å². The molecule has 0 aliphatic rings. The van der Waals surface area contributed by atoms with E-state index < -0.39 is 0 Å². The van der Waals surface area contributed by atoms with E-state index in [2.05, 4.69) is 16.7 Å². The molecule has 1 aromatic heterocycles. The van der Waals surface area contributed by atoms with Crippen LogP contribution in [0.1, 0.15) is 27.0 Å². The number of nitrogens with one attached hydrogen (secondary N) is 2. The van der Waals surface area contributed by atoms with Crippen LogP contribution in [0.2, 0.25) is 5.02 Å². The van der Waals surface area contributed by atoms with Crippen LogP contribution in [-0.4, -0.2) is 16.0 Å². The second kappa shape index (κ2) is 9.13. The summed E-state index contributed by atoms with van der Waals surface area (Å²) >= 11 is 11.7. The average Bonchev–Trinajstić information content (AvgIpc) is 3.24. The molecule has 0 saturated heterocycles. The molecule has 35 heavy (non-hydrogen) atoms. The zero-order chi connectivity index (χ0) is 24.7. The molecule has 0 aliphatic carbocycles. The summed E-state index contributed by atoms with van der Waals surface area (Å²) < 4.78 is 6.10. The molecule has 4 aromatic carbocycles. The van der Waals surface area contributed by atoms with Crippen molar-refractivity contribution in [2.24, 2.45) is 0 Å². The Hall–Kier alpha value is -3.74. The molecule has 0 fully saturated rings. The summed E-state index contributed by atoms with van der Waals surface area (Å²) in [6, 6.07) is 20.8. The fourth-order valence-corrected chi connectivity index (χ4v) is 4.73. The first kappa shape index (κ1) is 23.0. The van der Waals surface area contributed by atoms with Crippen LogP contribution in [0.25, 0.3) is 33.3 Å². The molecule has 0 bridgehead atoms. The molecule has 1 amide bonds. The molecule has 5 aromatic rings. The van der Waals surface area contributed by atoms with E-state index in [4.69, 9.17) is 33.2 Å². The van der Waals surface area contributed by atoms with Gasteiger partial charge in [0, 0.05) is 27.2 Å². The molecule has 174 valence electrons. The van der Waals surface area contributed by atoms with Gasteiger partial charge < -0.3 is 9.73 Å². The Morgan fingerprint density at radius 1 is 0.971 bits per heavy atom. The number of nitrogens with zero attached hydrogens (tertiary/aromatic N) is 1. The second-order valence-electron chi connectivity index (χ2n) is 8.48. The van der Waals surface area contributed by atoms with Crippen molar-refractivity contribution < 1.29 is 9.21 Å². The van der Waals surface area contributed by atoms with Gasteiger partial charge in [0.25, 0.3) is 5.91 Å². The van der Waals surface area contributed by atoms with Crippen molar-refractivity contribution in [3.8, 4) is 11.5 Å². The number of carbonyl (C=O) groups excluding carboxylic acids is 1. The van der Waals surface area contributed by atoms with E-state index >= 15 is 0 Å². The second-order valence-corrected chi connectivity index (χ2v) is 9.29. The number of benzene rings is 4. The highest BCUT2D eigenvalue weighted by molar-refractivity contribution is 7.80. The number of carbonyl (C=O) groups is 1. The summed E-state index contributed by atoms with van der Waals surface area (Å²) in [7, 11) is 0. The lowest BCUT2D eigenvalue weighted by Crippen LogP contribution is -2.34. The molecule has 0 radical (unpaired) electrons. The number of amides is 1. The minimum absolute atomic E-state index is 0.193. The number of hydrogen-bond donors (Lipinski definition) is 2. The Balaban J connectivity index is 1.39. The first-order valence-corrected chi connectivity index (χ1v) is 11.9. The van der Waals surface area contributed by atoms with Crippen molar-refractivity contribution >= 4 is 62.4 Å².